The number of benzene rings is 6. The number of esters is 3. The molecule has 12 nitrogen and oxygen atoms in total. The number of hydrogen-bond donors (Lipinski definition) is 0. The minimum atomic E-state index is -0.422. The molecule has 12 heteroatoms. The maximum Gasteiger partial charge on any atom is 0.333 e. The van der Waals surface area contributed by atoms with Crippen molar-refractivity contribution in [2.24, 2.45) is 0 Å². The Morgan fingerprint density at radius 2 is 0.803 bits per heavy atom. The zero-order valence-corrected chi connectivity index (χ0v) is 41.9. The van der Waals surface area contributed by atoms with Gasteiger partial charge in [0.15, 0.2) is 0 Å². The highest BCUT2D eigenvalue weighted by Crippen LogP contribution is 2.39. The third kappa shape index (κ3) is 15.7. The molecule has 0 fully saturated rings. The first-order valence-corrected chi connectivity index (χ1v) is 24.0. The van der Waals surface area contributed by atoms with Crippen LogP contribution in [0.25, 0.3) is 11.1 Å². The van der Waals surface area contributed by atoms with E-state index in [0.717, 1.165) is 78.6 Å². The molecule has 6 aromatic carbocycles. The molecule has 0 amide bonds. The second-order valence-electron chi connectivity index (χ2n) is 17.0. The quantitative estimate of drug-likeness (QED) is 0.0211. The second-order valence-corrected chi connectivity index (χ2v) is 17.0. The highest BCUT2D eigenvalue weighted by atomic mass is 16.6. The van der Waals surface area contributed by atoms with Crippen LogP contribution in [-0.2, 0) is 74.0 Å². The van der Waals surface area contributed by atoms with E-state index in [1.165, 1.54) is 0 Å². The molecule has 0 saturated carbocycles. The summed E-state index contributed by atoms with van der Waals surface area (Å²) >= 11 is 0. The highest BCUT2D eigenvalue weighted by molar-refractivity contribution is 5.87. The van der Waals surface area contributed by atoms with Crippen LogP contribution in [0.2, 0.25) is 0 Å². The van der Waals surface area contributed by atoms with Crippen LogP contribution in [-0.4, -0.2) is 64.7 Å². The maximum absolute atomic E-state index is 11.7. The Bertz CT molecular complexity index is 2660. The Morgan fingerprint density at radius 1 is 0.451 bits per heavy atom. The number of rotatable bonds is 27. The van der Waals surface area contributed by atoms with Gasteiger partial charge in [-0.25, -0.2) is 4.79 Å². The minimum absolute atomic E-state index is 0.164. The zero-order chi connectivity index (χ0) is 50.5. The molecule has 0 aliphatic heterocycles. The number of methoxy groups -OCH3 is 1. The third-order valence-electron chi connectivity index (χ3n) is 11.6. The van der Waals surface area contributed by atoms with E-state index in [1.54, 1.807) is 27.9 Å². The van der Waals surface area contributed by atoms with Crippen LogP contribution in [0.5, 0.6) is 0 Å². The topological polar surface area (TPSA) is 122 Å². The molecule has 0 atom stereocenters. The number of aryl methyl sites for hydroxylation is 2. The van der Waals surface area contributed by atoms with Crippen molar-refractivity contribution in [2.75, 3.05) is 56.6 Å². The molecule has 0 aliphatic carbocycles. The number of nitrogens with zero attached hydrogens (tertiary/aromatic N) is 2. The van der Waals surface area contributed by atoms with Crippen molar-refractivity contribution in [3.63, 3.8) is 0 Å². The summed E-state index contributed by atoms with van der Waals surface area (Å²) < 4.78 is 38.4. The van der Waals surface area contributed by atoms with Gasteiger partial charge < -0.3 is 43.0 Å². The van der Waals surface area contributed by atoms with E-state index in [0.29, 0.717) is 58.1 Å². The number of anilines is 6. The van der Waals surface area contributed by atoms with Crippen molar-refractivity contribution in [3.05, 3.63) is 179 Å². The number of ether oxygens (including phenoxy) is 7. The molecule has 6 rings (SSSR count). The van der Waals surface area contributed by atoms with Crippen molar-refractivity contribution < 1.29 is 47.5 Å². The van der Waals surface area contributed by atoms with Gasteiger partial charge >= 0.3 is 17.9 Å². The molecule has 6 aromatic rings. The van der Waals surface area contributed by atoms with Crippen LogP contribution in [0.4, 0.5) is 34.1 Å². The lowest BCUT2D eigenvalue weighted by atomic mass is 10.0. The molecule has 0 aliphatic rings. The molecule has 372 valence electrons. The van der Waals surface area contributed by atoms with E-state index in [-0.39, 0.29) is 38.4 Å². The van der Waals surface area contributed by atoms with Gasteiger partial charge in [0.2, 0.25) is 0 Å². The van der Waals surface area contributed by atoms with E-state index in [9.17, 15) is 14.4 Å². The summed E-state index contributed by atoms with van der Waals surface area (Å²) in [6.45, 7) is 16.2. The van der Waals surface area contributed by atoms with Crippen LogP contribution in [0, 0.1) is 13.8 Å². The van der Waals surface area contributed by atoms with E-state index >= 15 is 0 Å². The second kappa shape index (κ2) is 27.3. The maximum atomic E-state index is 11.7. The summed E-state index contributed by atoms with van der Waals surface area (Å²) in [5.74, 6) is -0.904. The van der Waals surface area contributed by atoms with Crippen molar-refractivity contribution in [2.45, 2.75) is 73.9 Å². The number of hydrogen-bond acceptors (Lipinski definition) is 12. The van der Waals surface area contributed by atoms with Crippen LogP contribution >= 0.6 is 0 Å². The molecule has 0 unspecified atom stereocenters. The van der Waals surface area contributed by atoms with Gasteiger partial charge in [0.25, 0.3) is 0 Å². The fourth-order valence-corrected chi connectivity index (χ4v) is 7.62. The third-order valence-corrected chi connectivity index (χ3v) is 11.6. The Labute approximate surface area is 418 Å². The molecular formula is C59H66N2O10. The Hall–Kier alpha value is -7.09. The van der Waals surface area contributed by atoms with Crippen LogP contribution in [0.15, 0.2) is 146 Å². The van der Waals surface area contributed by atoms with Crippen LogP contribution < -0.4 is 9.80 Å². The first-order chi connectivity index (χ1) is 34.5. The van der Waals surface area contributed by atoms with Crippen molar-refractivity contribution in [1.82, 2.24) is 0 Å². The lowest BCUT2D eigenvalue weighted by molar-refractivity contribution is -0.145. The van der Waals surface area contributed by atoms with E-state index in [2.05, 4.69) is 152 Å². The Morgan fingerprint density at radius 3 is 1.17 bits per heavy atom. The molecule has 0 heterocycles. The molecule has 0 radical (unpaired) electrons. The van der Waals surface area contributed by atoms with Crippen molar-refractivity contribution in [1.29, 1.82) is 0 Å². The van der Waals surface area contributed by atoms with Crippen molar-refractivity contribution >= 4 is 52.0 Å². The zero-order valence-electron chi connectivity index (χ0n) is 41.9. The van der Waals surface area contributed by atoms with Crippen LogP contribution in [0.3, 0.4) is 0 Å². The fourth-order valence-electron chi connectivity index (χ4n) is 7.62. The van der Waals surface area contributed by atoms with E-state index in [1.807, 2.05) is 12.1 Å². The normalized spacial score (nSPS) is 11.0. The van der Waals surface area contributed by atoms with E-state index < -0.39 is 5.97 Å². The number of carbonyl (C=O) groups is 3. The van der Waals surface area contributed by atoms with Gasteiger partial charge in [-0.05, 0) is 138 Å². The smallest absolute Gasteiger partial charge is 0.333 e. The predicted molar refractivity (Wildman–Crippen MR) is 279 cm³/mol. The average Bonchev–Trinajstić information content (AvgIpc) is 3.38. The van der Waals surface area contributed by atoms with Gasteiger partial charge in [0, 0.05) is 59.6 Å². The van der Waals surface area contributed by atoms with Gasteiger partial charge in [0.1, 0.15) is 19.8 Å². The largest absolute Gasteiger partial charge is 0.463 e. The average molecular weight is 963 g/mol. The Kier molecular flexibility index (Phi) is 20.5. The molecule has 71 heavy (non-hydrogen) atoms. The standard InChI is InChI=1S/C59H66N2O10/c1-8-57(62)69-33-30-66-39-46-12-22-52(23-13-46)61(56-28-18-49(43(5)36-56)40-67-31-34-70-58(63)9-2)54-26-16-48(17-27-54)47-14-24-53(25-15-47)60(51-20-10-45(11-21-51)38-65-7)55-29-19-50(44(6)37-55)41-68-32-35-71-59(64)42(3)4/h10-29,36-37H,3,8-9,30-35,38-41H2,1-2,4-7H3. The SMILES string of the molecule is C=C(C)C(=O)OCCOCc1ccc(N(c2ccc(COC)cc2)c2ccc(-c3ccc(N(c4ccc(COCCOC(=O)CC)cc4)c4ccc(COCCOC(=O)CC)c(C)c4)cc3)cc2)cc1C. The Balaban J connectivity index is 1.22. The summed E-state index contributed by atoms with van der Waals surface area (Å²) in [5, 5.41) is 0. The monoisotopic (exact) mass is 962 g/mol. The molecule has 0 bridgehead atoms. The summed E-state index contributed by atoms with van der Waals surface area (Å²) in [5.41, 5.74) is 14.7. The molecule has 0 spiro atoms. The molecule has 0 aromatic heterocycles. The van der Waals surface area contributed by atoms with Gasteiger partial charge in [-0.15, -0.1) is 0 Å². The molecule has 0 saturated heterocycles. The first kappa shape index (κ1) is 53.3. The molecule has 0 N–H and O–H groups in total. The summed E-state index contributed by atoms with van der Waals surface area (Å²) in [6, 6.07) is 46.5. The van der Waals surface area contributed by atoms with Gasteiger partial charge in [-0.3, -0.25) is 9.59 Å². The van der Waals surface area contributed by atoms with Crippen molar-refractivity contribution in [3.8, 4) is 11.1 Å². The van der Waals surface area contributed by atoms with Gasteiger partial charge in [-0.2, -0.15) is 0 Å². The summed E-state index contributed by atoms with van der Waals surface area (Å²) in [6.07, 6.45) is 0.673. The highest BCUT2D eigenvalue weighted by Gasteiger charge is 2.17. The summed E-state index contributed by atoms with van der Waals surface area (Å²) in [4.78, 5) is 39.3. The lowest BCUT2D eigenvalue weighted by Gasteiger charge is -2.27. The van der Waals surface area contributed by atoms with Crippen LogP contribution in [0.1, 0.15) is 67.0 Å². The molecular weight excluding hydrogens is 897 g/mol. The van der Waals surface area contributed by atoms with Gasteiger partial charge in [-0.1, -0.05) is 81.1 Å². The lowest BCUT2D eigenvalue weighted by Crippen LogP contribution is -2.12. The predicted octanol–water partition coefficient (Wildman–Crippen LogP) is 12.6. The first-order valence-electron chi connectivity index (χ1n) is 24.0. The minimum Gasteiger partial charge on any atom is -0.463 e. The fraction of sp³-hybridized carbons (Fsp3) is 0.305. The summed E-state index contributed by atoms with van der Waals surface area (Å²) in [7, 11) is 1.70. The van der Waals surface area contributed by atoms with E-state index in [4.69, 9.17) is 33.2 Å². The number of carbonyl (C=O) groups excluding carboxylic acids is 3. The van der Waals surface area contributed by atoms with Gasteiger partial charge in [0.05, 0.1) is 46.2 Å².